The Morgan fingerprint density at radius 2 is 1.30 bits per heavy atom. The van der Waals surface area contributed by atoms with Crippen molar-refractivity contribution in [3.8, 4) is 11.8 Å². The van der Waals surface area contributed by atoms with Crippen LogP contribution in [0.4, 0.5) is 22.7 Å². The highest BCUT2D eigenvalue weighted by Gasteiger charge is 2.25. The van der Waals surface area contributed by atoms with E-state index in [0.29, 0.717) is 12.1 Å². The minimum Gasteiger partial charge on any atom is -0.505 e. The van der Waals surface area contributed by atoms with E-state index in [1.807, 2.05) is 0 Å². The van der Waals surface area contributed by atoms with E-state index in [2.05, 4.69) is 20.5 Å². The normalized spacial score (nSPS) is 12.6. The van der Waals surface area contributed by atoms with Crippen molar-refractivity contribution in [3.63, 3.8) is 0 Å². The Bertz CT molecular complexity index is 2300. The largest absolute Gasteiger partial charge is 0.505 e. The Kier molecular flexibility index (Phi) is 8.29. The number of benzene rings is 4. The van der Waals surface area contributed by atoms with Crippen LogP contribution in [0.2, 0.25) is 0 Å². The highest BCUT2D eigenvalue weighted by Crippen LogP contribution is 2.43. The van der Waals surface area contributed by atoms with Gasteiger partial charge in [-0.15, -0.1) is 10.2 Å². The molecule has 0 heterocycles. The molecule has 0 saturated carbocycles. The zero-order chi connectivity index (χ0) is 32.6. The van der Waals surface area contributed by atoms with Gasteiger partial charge >= 0.3 is 5.97 Å². The number of hydrogen-bond donors (Lipinski definition) is 5. The lowest BCUT2D eigenvalue weighted by atomic mass is 10.0. The molecule has 0 radical (unpaired) electrons. The molecule has 226 valence electrons. The molecule has 4 rings (SSSR count). The van der Waals surface area contributed by atoms with Gasteiger partial charge in [0.25, 0.3) is 30.4 Å². The molecule has 17 nitrogen and oxygen atoms in total. The number of fused-ring (bicyclic) bond motifs is 1. The van der Waals surface area contributed by atoms with Crippen molar-refractivity contribution in [2.24, 2.45) is 20.5 Å². The van der Waals surface area contributed by atoms with Crippen LogP contribution in [0.15, 0.2) is 95.8 Å². The van der Waals surface area contributed by atoms with Gasteiger partial charge in [-0.1, -0.05) is 0 Å². The Hall–Kier alpha value is -5.17. The highest BCUT2D eigenvalue weighted by atomic mass is 32.2. The summed E-state index contributed by atoms with van der Waals surface area (Å²) in [5, 5.41) is 44.2. The maximum absolute atomic E-state index is 12.1. The lowest BCUT2D eigenvalue weighted by Gasteiger charge is -2.11. The first kappa shape index (κ1) is 31.8. The number of rotatable bonds is 8. The third kappa shape index (κ3) is 6.73. The molecule has 4 aromatic rings. The van der Waals surface area contributed by atoms with E-state index >= 15 is 0 Å². The first-order chi connectivity index (χ1) is 20.4. The summed E-state index contributed by atoms with van der Waals surface area (Å²) in [6, 6.07) is 11.6. The van der Waals surface area contributed by atoms with Crippen LogP contribution in [0, 0.1) is 11.3 Å². The fourth-order valence-corrected chi connectivity index (χ4v) is 5.42. The van der Waals surface area contributed by atoms with E-state index in [-0.39, 0.29) is 16.3 Å². The predicted molar refractivity (Wildman–Crippen MR) is 148 cm³/mol. The number of carbonyl (C=O) groups is 1. The molecular formula is C24H15N5O12S3. The van der Waals surface area contributed by atoms with Crippen LogP contribution in [-0.4, -0.2) is 55.1 Å². The molecule has 20 heteroatoms. The molecule has 44 heavy (non-hydrogen) atoms. The minimum atomic E-state index is -5.20. The van der Waals surface area contributed by atoms with Gasteiger partial charge in [-0.3, -0.25) is 13.7 Å². The zero-order valence-corrected chi connectivity index (χ0v) is 23.8. The summed E-state index contributed by atoms with van der Waals surface area (Å²) in [6.45, 7) is 0. The SMILES string of the molecule is N#Cc1cc(S(=O)(=O)O)cc2cc(S(=O)(=O)O)c(N=Nc3ccc(N=Nc4ccc(S(=O)(=O)O)cc4)cc3C(=O)O)c(O)c12. The summed E-state index contributed by atoms with van der Waals surface area (Å²) in [4.78, 5) is 9.62. The number of azo groups is 2. The first-order valence-electron chi connectivity index (χ1n) is 11.4. The molecule has 0 unspecified atom stereocenters. The van der Waals surface area contributed by atoms with Gasteiger partial charge in [-0.05, 0) is 66.0 Å². The van der Waals surface area contributed by atoms with Crippen molar-refractivity contribution in [1.82, 2.24) is 0 Å². The molecule has 0 fully saturated rings. The summed E-state index contributed by atoms with van der Waals surface area (Å²) < 4.78 is 97.9. The molecule has 4 aromatic carbocycles. The number of carboxylic acid groups (broad SMARTS) is 1. The molecule has 0 aliphatic heterocycles. The average Bonchev–Trinajstić information content (AvgIpc) is 2.93. The number of phenols is 1. The standard InChI is InChI=1S/C24H15N5O12S3/c25-11-13-8-17(43(36,37)38)7-12-9-20(44(39,40)41)22(23(30)21(12)13)29-28-19-6-3-15(10-18(19)24(31)32)27-26-14-1-4-16(5-2-14)42(33,34)35/h1-10,30H,(H,31,32)(H,33,34,35)(H,36,37,38)(H,39,40,41). The van der Waals surface area contributed by atoms with Crippen molar-refractivity contribution in [2.75, 3.05) is 0 Å². The quantitative estimate of drug-likeness (QED) is 0.127. The summed E-state index contributed by atoms with van der Waals surface area (Å²) in [5.74, 6) is -2.59. The number of carboxylic acids is 1. The summed E-state index contributed by atoms with van der Waals surface area (Å²) in [5.41, 5.74) is -2.26. The van der Waals surface area contributed by atoms with Crippen LogP contribution in [-0.2, 0) is 30.4 Å². The third-order valence-corrected chi connectivity index (χ3v) is 8.27. The number of aromatic carboxylic acids is 1. The monoisotopic (exact) mass is 661 g/mol. The topological polar surface area (TPSA) is 294 Å². The van der Waals surface area contributed by atoms with Crippen LogP contribution < -0.4 is 0 Å². The molecule has 0 spiro atoms. The van der Waals surface area contributed by atoms with Gasteiger partial charge in [0.05, 0.1) is 38.4 Å². The highest BCUT2D eigenvalue weighted by molar-refractivity contribution is 7.86. The number of phenolic OH excluding ortho intramolecular Hbond substituents is 1. The molecule has 0 aromatic heterocycles. The van der Waals surface area contributed by atoms with Crippen LogP contribution in [0.1, 0.15) is 15.9 Å². The fraction of sp³-hybridized carbons (Fsp3) is 0. The lowest BCUT2D eigenvalue weighted by Crippen LogP contribution is -2.02. The van der Waals surface area contributed by atoms with Gasteiger partial charge in [0.1, 0.15) is 16.3 Å². The van der Waals surface area contributed by atoms with Crippen molar-refractivity contribution in [1.29, 1.82) is 5.26 Å². The van der Waals surface area contributed by atoms with Crippen LogP contribution in [0.5, 0.6) is 5.75 Å². The number of nitrogens with zero attached hydrogens (tertiary/aromatic N) is 5. The van der Waals surface area contributed by atoms with Crippen LogP contribution >= 0.6 is 0 Å². The first-order valence-corrected chi connectivity index (χ1v) is 15.7. The molecule has 5 N–H and O–H groups in total. The third-order valence-electron chi connectivity index (χ3n) is 5.70. The zero-order valence-electron chi connectivity index (χ0n) is 21.3. The van der Waals surface area contributed by atoms with Crippen molar-refractivity contribution in [2.45, 2.75) is 14.7 Å². The van der Waals surface area contributed by atoms with E-state index in [1.165, 1.54) is 18.2 Å². The van der Waals surface area contributed by atoms with Gasteiger partial charge in [0, 0.05) is 5.39 Å². The van der Waals surface area contributed by atoms with Gasteiger partial charge in [0.2, 0.25) is 0 Å². The number of hydrogen-bond acceptors (Lipinski definition) is 13. The van der Waals surface area contributed by atoms with Gasteiger partial charge in [0.15, 0.2) is 5.75 Å². The molecular weight excluding hydrogens is 646 g/mol. The molecule has 0 atom stereocenters. The second kappa shape index (κ2) is 11.5. The van der Waals surface area contributed by atoms with E-state index in [0.717, 1.165) is 30.3 Å². The van der Waals surface area contributed by atoms with E-state index in [4.69, 9.17) is 4.55 Å². The van der Waals surface area contributed by atoms with E-state index < -0.39 is 85.1 Å². The fourth-order valence-electron chi connectivity index (χ4n) is 3.74. The van der Waals surface area contributed by atoms with Gasteiger partial charge in [-0.2, -0.15) is 40.7 Å². The Morgan fingerprint density at radius 3 is 1.84 bits per heavy atom. The second-order valence-electron chi connectivity index (χ2n) is 8.58. The molecule has 0 saturated heterocycles. The van der Waals surface area contributed by atoms with Crippen molar-refractivity contribution >= 4 is 69.8 Å². The summed E-state index contributed by atoms with van der Waals surface area (Å²) >= 11 is 0. The summed E-state index contributed by atoms with van der Waals surface area (Å²) in [7, 11) is -14.5. The second-order valence-corrected chi connectivity index (χ2v) is 12.8. The van der Waals surface area contributed by atoms with E-state index in [9.17, 15) is 54.6 Å². The maximum Gasteiger partial charge on any atom is 0.338 e. The summed E-state index contributed by atoms with van der Waals surface area (Å²) in [6.07, 6.45) is 0. The minimum absolute atomic E-state index is 0.0271. The van der Waals surface area contributed by atoms with Crippen molar-refractivity contribution in [3.05, 3.63) is 71.8 Å². The van der Waals surface area contributed by atoms with Crippen molar-refractivity contribution < 1.29 is 53.9 Å². The van der Waals surface area contributed by atoms with Crippen LogP contribution in [0.3, 0.4) is 0 Å². The molecule has 0 aliphatic carbocycles. The lowest BCUT2D eigenvalue weighted by molar-refractivity contribution is 0.0697. The van der Waals surface area contributed by atoms with Crippen LogP contribution in [0.25, 0.3) is 10.8 Å². The van der Waals surface area contributed by atoms with Gasteiger partial charge < -0.3 is 10.2 Å². The molecule has 0 aliphatic rings. The molecule has 0 bridgehead atoms. The number of nitriles is 1. The maximum atomic E-state index is 12.1. The Morgan fingerprint density at radius 1 is 0.705 bits per heavy atom. The molecule has 0 amide bonds. The predicted octanol–water partition coefficient (Wildman–Crippen LogP) is 4.69. The number of aromatic hydroxyl groups is 1. The smallest absolute Gasteiger partial charge is 0.338 e. The van der Waals surface area contributed by atoms with Gasteiger partial charge in [-0.25, -0.2) is 4.79 Å². The Labute approximate surface area is 247 Å². The Balaban J connectivity index is 1.81. The van der Waals surface area contributed by atoms with E-state index in [1.54, 1.807) is 6.07 Å². The average molecular weight is 662 g/mol.